The largest absolute Gasteiger partial charge is 0.352 e. The Morgan fingerprint density at radius 1 is 0.512 bits per heavy atom. The molecule has 0 saturated heterocycles. The maximum absolute atomic E-state index is 14.5. The lowest BCUT2D eigenvalue weighted by molar-refractivity contribution is 0.103. The van der Waals surface area contributed by atoms with Gasteiger partial charge in [-0.05, 0) is 68.0 Å². The number of fused-ring (bicyclic) bond motifs is 9. The smallest absolute Gasteiger partial charge is 0.210 e. The van der Waals surface area contributed by atoms with Crippen molar-refractivity contribution < 1.29 is 4.79 Å². The van der Waals surface area contributed by atoms with E-state index in [0.29, 0.717) is 11.3 Å². The van der Waals surface area contributed by atoms with Crippen LogP contribution in [-0.4, -0.2) is 11.5 Å². The van der Waals surface area contributed by atoms with E-state index in [1.165, 1.54) is 16.2 Å². The van der Waals surface area contributed by atoms with Gasteiger partial charge in [0.15, 0.2) is 0 Å². The van der Waals surface area contributed by atoms with Crippen molar-refractivity contribution in [2.24, 2.45) is 4.99 Å². The predicted molar refractivity (Wildman–Crippen MR) is 172 cm³/mol. The molecule has 0 heterocycles. The molecule has 0 spiro atoms. The summed E-state index contributed by atoms with van der Waals surface area (Å²) in [5.74, 6) is -0.0359. The Morgan fingerprint density at radius 2 is 1.10 bits per heavy atom. The molecule has 0 unspecified atom stereocenters. The van der Waals surface area contributed by atoms with E-state index in [1.54, 1.807) is 0 Å². The molecule has 0 bridgehead atoms. The van der Waals surface area contributed by atoms with Crippen LogP contribution in [0, 0.1) is 0 Å². The summed E-state index contributed by atoms with van der Waals surface area (Å²) in [7, 11) is 0. The monoisotopic (exact) mass is 524 g/mol. The molecule has 0 fully saturated rings. The molecule has 41 heavy (non-hydrogen) atoms. The Balaban J connectivity index is 1.50. The second-order valence-electron chi connectivity index (χ2n) is 10.4. The number of hydrogen-bond acceptors (Lipinski definition) is 3. The van der Waals surface area contributed by atoms with Crippen LogP contribution in [-0.2, 0) is 0 Å². The van der Waals surface area contributed by atoms with E-state index in [-0.39, 0.29) is 5.78 Å². The van der Waals surface area contributed by atoms with Crippen molar-refractivity contribution in [1.82, 2.24) is 0 Å². The lowest BCUT2D eigenvalue weighted by Gasteiger charge is -2.22. The average molecular weight is 525 g/mol. The van der Waals surface area contributed by atoms with Crippen LogP contribution in [0.3, 0.4) is 0 Å². The topological polar surface area (TPSA) is 41.5 Å². The number of para-hydroxylation sites is 2. The summed E-state index contributed by atoms with van der Waals surface area (Å²) in [4.78, 5) is 19.5. The fourth-order valence-corrected chi connectivity index (χ4v) is 6.10. The minimum atomic E-state index is -0.0359. The summed E-state index contributed by atoms with van der Waals surface area (Å²) in [5.41, 5.74) is 4.49. The number of aliphatic imine (C=N–C) groups is 1. The van der Waals surface area contributed by atoms with Gasteiger partial charge >= 0.3 is 0 Å². The van der Waals surface area contributed by atoms with Gasteiger partial charge in [0.2, 0.25) is 5.78 Å². The number of ketones is 1. The minimum absolute atomic E-state index is 0.0359. The first kappa shape index (κ1) is 23.4. The maximum atomic E-state index is 14.5. The van der Waals surface area contributed by atoms with E-state index in [1.807, 2.05) is 72.8 Å². The molecule has 0 radical (unpaired) electrons. The highest BCUT2D eigenvalue weighted by molar-refractivity contribution is 6.37. The Kier molecular flexibility index (Phi) is 5.29. The van der Waals surface area contributed by atoms with Gasteiger partial charge in [0.1, 0.15) is 0 Å². The first-order chi connectivity index (χ1) is 20.2. The number of allylic oxidation sites excluding steroid dienone is 2. The van der Waals surface area contributed by atoms with Crippen LogP contribution in [0.15, 0.2) is 150 Å². The maximum Gasteiger partial charge on any atom is 0.210 e. The summed E-state index contributed by atoms with van der Waals surface area (Å²) in [6.45, 7) is 0. The molecule has 7 aromatic rings. The van der Waals surface area contributed by atoms with Crippen LogP contribution in [0.5, 0.6) is 0 Å². The van der Waals surface area contributed by atoms with Crippen LogP contribution in [0.4, 0.5) is 11.4 Å². The van der Waals surface area contributed by atoms with Crippen molar-refractivity contribution >= 4 is 66.0 Å². The second kappa shape index (κ2) is 9.29. The first-order valence-electron chi connectivity index (χ1n) is 13.8. The Morgan fingerprint density at radius 3 is 1.85 bits per heavy atom. The molecular weight excluding hydrogens is 500 g/mol. The van der Waals surface area contributed by atoms with E-state index < -0.39 is 0 Å². The lowest BCUT2D eigenvalue weighted by Crippen LogP contribution is -2.22. The lowest BCUT2D eigenvalue weighted by atomic mass is 9.84. The molecule has 0 atom stereocenters. The van der Waals surface area contributed by atoms with Crippen LogP contribution >= 0.6 is 0 Å². The number of carbonyl (C=O) groups excluding carboxylic acids is 1. The van der Waals surface area contributed by atoms with Crippen LogP contribution in [0.2, 0.25) is 0 Å². The fraction of sp³-hybridized carbons (Fsp3) is 0. The van der Waals surface area contributed by atoms with Gasteiger partial charge in [-0.3, -0.25) is 4.79 Å². The molecule has 3 nitrogen and oxygen atoms in total. The van der Waals surface area contributed by atoms with Crippen molar-refractivity contribution in [3.63, 3.8) is 0 Å². The van der Waals surface area contributed by atoms with Gasteiger partial charge in [-0.1, -0.05) is 109 Å². The Hall–Kier alpha value is -5.54. The highest BCUT2D eigenvalue weighted by Crippen LogP contribution is 2.40. The second-order valence-corrected chi connectivity index (χ2v) is 10.4. The Bertz CT molecular complexity index is 2220. The van der Waals surface area contributed by atoms with Gasteiger partial charge in [-0.2, -0.15) is 0 Å². The average Bonchev–Trinajstić information content (AvgIpc) is 3.03. The molecule has 0 aromatic heterocycles. The van der Waals surface area contributed by atoms with Crippen LogP contribution in [0.1, 0.15) is 15.9 Å². The zero-order chi connectivity index (χ0) is 27.3. The van der Waals surface area contributed by atoms with E-state index in [2.05, 4.69) is 72.0 Å². The third kappa shape index (κ3) is 3.82. The normalized spacial score (nSPS) is 14.1. The zero-order valence-corrected chi connectivity index (χ0v) is 22.1. The highest BCUT2D eigenvalue weighted by Gasteiger charge is 2.28. The summed E-state index contributed by atoms with van der Waals surface area (Å²) in [6.07, 6.45) is 1.88. The van der Waals surface area contributed by atoms with E-state index in [0.717, 1.165) is 49.6 Å². The molecule has 0 saturated carbocycles. The molecule has 0 amide bonds. The molecule has 3 heteroatoms. The van der Waals surface area contributed by atoms with Crippen molar-refractivity contribution in [3.8, 4) is 0 Å². The summed E-state index contributed by atoms with van der Waals surface area (Å²) >= 11 is 0. The third-order valence-corrected chi connectivity index (χ3v) is 7.96. The van der Waals surface area contributed by atoms with E-state index in [9.17, 15) is 4.79 Å². The molecule has 8 rings (SSSR count). The van der Waals surface area contributed by atoms with Gasteiger partial charge in [-0.15, -0.1) is 0 Å². The molecular formula is C38H24N2O. The van der Waals surface area contributed by atoms with Crippen molar-refractivity contribution in [3.05, 3.63) is 156 Å². The minimum Gasteiger partial charge on any atom is -0.352 e. The number of benzene rings is 7. The SMILES string of the molecule is O=C1C(Nc2ccccc2)=CC(=Nc2ccccc2)c2ccc3ccc4ccc5ccc6ccccc6c5c4c3c21. The van der Waals surface area contributed by atoms with Crippen molar-refractivity contribution in [2.75, 3.05) is 5.32 Å². The van der Waals surface area contributed by atoms with Crippen molar-refractivity contribution in [2.45, 2.75) is 0 Å². The number of Topliss-reactive ketones (excluding diaryl/α,β-unsaturated/α-hetero) is 1. The van der Waals surface area contributed by atoms with Crippen molar-refractivity contribution in [1.29, 1.82) is 0 Å². The van der Waals surface area contributed by atoms with E-state index in [4.69, 9.17) is 4.99 Å². The summed E-state index contributed by atoms with van der Waals surface area (Å²) < 4.78 is 0. The fourth-order valence-electron chi connectivity index (χ4n) is 6.10. The molecule has 1 N–H and O–H groups in total. The number of anilines is 1. The van der Waals surface area contributed by atoms with Gasteiger partial charge in [0.05, 0.1) is 17.1 Å². The molecule has 1 aliphatic rings. The molecule has 7 aromatic carbocycles. The zero-order valence-electron chi connectivity index (χ0n) is 22.1. The quantitative estimate of drug-likeness (QED) is 0.234. The molecule has 1 aliphatic carbocycles. The third-order valence-electron chi connectivity index (χ3n) is 7.96. The predicted octanol–water partition coefficient (Wildman–Crippen LogP) is 9.61. The number of nitrogens with zero attached hydrogens (tertiary/aromatic N) is 1. The van der Waals surface area contributed by atoms with Gasteiger partial charge in [-0.25, -0.2) is 4.99 Å². The molecule has 0 aliphatic heterocycles. The Labute approximate surface area is 237 Å². The van der Waals surface area contributed by atoms with Crippen LogP contribution < -0.4 is 5.32 Å². The van der Waals surface area contributed by atoms with Crippen LogP contribution in [0.25, 0.3) is 43.1 Å². The summed E-state index contributed by atoms with van der Waals surface area (Å²) in [6, 6.07) is 45.4. The van der Waals surface area contributed by atoms with Gasteiger partial charge in [0, 0.05) is 22.2 Å². The van der Waals surface area contributed by atoms with Gasteiger partial charge < -0.3 is 5.32 Å². The number of nitrogens with one attached hydrogen (secondary N) is 1. The standard InChI is InChI=1S/C38H24N2O/c41-38-33(40-29-12-5-2-6-13-29)23-32(39-28-10-3-1-4-11-28)31-22-21-27-20-19-26-18-17-25-16-15-24-9-7-8-14-30(24)34(25)35(26)36(27)37(31)38/h1-23,40H. The van der Waals surface area contributed by atoms with E-state index >= 15 is 0 Å². The number of carbonyl (C=O) groups is 1. The number of rotatable bonds is 3. The summed E-state index contributed by atoms with van der Waals surface area (Å²) in [5, 5.41) is 12.3. The number of hydrogen-bond donors (Lipinski definition) is 1. The van der Waals surface area contributed by atoms with Gasteiger partial charge in [0.25, 0.3) is 0 Å². The highest BCUT2D eigenvalue weighted by atomic mass is 16.1. The first-order valence-corrected chi connectivity index (χ1v) is 13.8. The molecule has 192 valence electrons.